The normalized spacial score (nSPS) is 19.0. The number of aromatic nitrogens is 4. The van der Waals surface area contributed by atoms with Crippen molar-refractivity contribution in [2.75, 3.05) is 7.11 Å². The molecule has 114 valence electrons. The summed E-state index contributed by atoms with van der Waals surface area (Å²) in [6.07, 6.45) is 6.22. The van der Waals surface area contributed by atoms with Gasteiger partial charge in [-0.1, -0.05) is 13.8 Å². The molecule has 2 aromatic rings. The highest BCUT2D eigenvalue weighted by Crippen LogP contribution is 2.41. The van der Waals surface area contributed by atoms with E-state index in [4.69, 9.17) is 16.3 Å². The van der Waals surface area contributed by atoms with E-state index in [0.717, 1.165) is 24.3 Å². The van der Waals surface area contributed by atoms with E-state index >= 15 is 0 Å². The van der Waals surface area contributed by atoms with Gasteiger partial charge in [0.15, 0.2) is 11.2 Å². The summed E-state index contributed by atoms with van der Waals surface area (Å²) in [5, 5.41) is 0. The summed E-state index contributed by atoms with van der Waals surface area (Å²) in [5.41, 5.74) is 1.98. The van der Waals surface area contributed by atoms with E-state index in [1.165, 1.54) is 19.2 Å². The van der Waals surface area contributed by atoms with Crippen molar-refractivity contribution >= 4 is 22.8 Å². The Morgan fingerprint density at radius 2 is 2.05 bits per heavy atom. The number of ether oxygens (including phenoxy) is 1. The van der Waals surface area contributed by atoms with Gasteiger partial charge in [0.2, 0.25) is 5.88 Å². The lowest BCUT2D eigenvalue weighted by atomic mass is 9.75. The summed E-state index contributed by atoms with van der Waals surface area (Å²) in [4.78, 5) is 13.1. The summed E-state index contributed by atoms with van der Waals surface area (Å²) >= 11 is 6.10. The SMILES string of the molecule is COc1ncnc2c1nc(CCl)n2C1CCC(C)(C)CC1. The Kier molecular flexibility index (Phi) is 3.78. The predicted octanol–water partition coefficient (Wildman–Crippen LogP) is 3.72. The fourth-order valence-electron chi connectivity index (χ4n) is 3.20. The zero-order valence-electron chi connectivity index (χ0n) is 12.8. The highest BCUT2D eigenvalue weighted by molar-refractivity contribution is 6.16. The molecule has 1 saturated carbocycles. The van der Waals surface area contributed by atoms with Gasteiger partial charge in [0.05, 0.1) is 13.0 Å². The lowest BCUT2D eigenvalue weighted by molar-refractivity contribution is 0.194. The van der Waals surface area contributed by atoms with Gasteiger partial charge in [0, 0.05) is 6.04 Å². The summed E-state index contributed by atoms with van der Waals surface area (Å²) in [7, 11) is 1.60. The summed E-state index contributed by atoms with van der Waals surface area (Å²) in [6, 6.07) is 0.413. The highest BCUT2D eigenvalue weighted by Gasteiger charge is 2.30. The van der Waals surface area contributed by atoms with Crippen LogP contribution in [0.15, 0.2) is 6.33 Å². The molecule has 1 aliphatic rings. The van der Waals surface area contributed by atoms with Crippen LogP contribution in [0.4, 0.5) is 0 Å². The van der Waals surface area contributed by atoms with Crippen molar-refractivity contribution in [3.63, 3.8) is 0 Å². The molecule has 1 fully saturated rings. The van der Waals surface area contributed by atoms with Crippen molar-refractivity contribution in [1.29, 1.82) is 0 Å². The fourth-order valence-corrected chi connectivity index (χ4v) is 3.39. The van der Waals surface area contributed by atoms with E-state index in [0.29, 0.717) is 28.7 Å². The third kappa shape index (κ3) is 2.59. The molecule has 0 bridgehead atoms. The van der Waals surface area contributed by atoms with Gasteiger partial charge >= 0.3 is 0 Å². The zero-order chi connectivity index (χ0) is 15.0. The van der Waals surface area contributed by atoms with E-state index < -0.39 is 0 Å². The molecule has 0 amide bonds. The number of hydrogen-bond acceptors (Lipinski definition) is 4. The topological polar surface area (TPSA) is 52.8 Å². The van der Waals surface area contributed by atoms with Gasteiger partial charge in [-0.25, -0.2) is 9.97 Å². The molecular weight excluding hydrogens is 288 g/mol. The number of imidazole rings is 1. The number of rotatable bonds is 3. The van der Waals surface area contributed by atoms with E-state index in [1.54, 1.807) is 7.11 Å². The van der Waals surface area contributed by atoms with Crippen LogP contribution < -0.4 is 4.74 Å². The maximum absolute atomic E-state index is 6.10. The van der Waals surface area contributed by atoms with Gasteiger partial charge in [0.25, 0.3) is 0 Å². The quantitative estimate of drug-likeness (QED) is 0.811. The lowest BCUT2D eigenvalue weighted by Crippen LogP contribution is -2.24. The van der Waals surface area contributed by atoms with Gasteiger partial charge in [-0.3, -0.25) is 0 Å². The van der Waals surface area contributed by atoms with Crippen LogP contribution in [0.25, 0.3) is 11.2 Å². The van der Waals surface area contributed by atoms with Gasteiger partial charge in [-0.05, 0) is 31.1 Å². The van der Waals surface area contributed by atoms with Crippen molar-refractivity contribution < 1.29 is 4.74 Å². The number of nitrogens with zero attached hydrogens (tertiary/aromatic N) is 4. The average molecular weight is 309 g/mol. The molecule has 0 aromatic carbocycles. The maximum Gasteiger partial charge on any atom is 0.245 e. The smallest absolute Gasteiger partial charge is 0.245 e. The molecule has 0 N–H and O–H groups in total. The van der Waals surface area contributed by atoms with Crippen LogP contribution in [0.3, 0.4) is 0 Å². The Hall–Kier alpha value is -1.36. The average Bonchev–Trinajstić information content (AvgIpc) is 2.86. The molecule has 0 aliphatic heterocycles. The van der Waals surface area contributed by atoms with Crippen LogP contribution in [0.2, 0.25) is 0 Å². The van der Waals surface area contributed by atoms with Crippen LogP contribution >= 0.6 is 11.6 Å². The Bertz CT molecular complexity index is 642. The van der Waals surface area contributed by atoms with Crippen molar-refractivity contribution in [3.8, 4) is 5.88 Å². The monoisotopic (exact) mass is 308 g/mol. The molecule has 2 aromatic heterocycles. The van der Waals surface area contributed by atoms with E-state index in [9.17, 15) is 0 Å². The standard InChI is InChI=1S/C15H21ClN4O/c1-15(2)6-4-10(5-7-15)20-11(8-16)19-12-13(20)17-9-18-14(12)21-3/h9-10H,4-8H2,1-3H3. The molecule has 6 heteroatoms. The second-order valence-corrected chi connectivity index (χ2v) is 6.75. The Labute approximate surface area is 129 Å². The molecule has 1 aliphatic carbocycles. The van der Waals surface area contributed by atoms with Crippen molar-refractivity contribution in [2.24, 2.45) is 5.41 Å². The lowest BCUT2D eigenvalue weighted by Gasteiger charge is -2.35. The molecule has 0 saturated heterocycles. The molecule has 0 atom stereocenters. The second kappa shape index (κ2) is 5.44. The van der Waals surface area contributed by atoms with Crippen molar-refractivity contribution in [3.05, 3.63) is 12.2 Å². The number of fused-ring (bicyclic) bond motifs is 1. The minimum Gasteiger partial charge on any atom is -0.479 e. The fraction of sp³-hybridized carbons (Fsp3) is 0.667. The first-order chi connectivity index (χ1) is 10.1. The molecular formula is C15H21ClN4O. The molecule has 0 spiro atoms. The van der Waals surface area contributed by atoms with Gasteiger partial charge < -0.3 is 9.30 Å². The van der Waals surface area contributed by atoms with Crippen LogP contribution in [0, 0.1) is 5.41 Å². The number of methoxy groups -OCH3 is 1. The summed E-state index contributed by atoms with van der Waals surface area (Å²) < 4.78 is 7.49. The number of halogens is 1. The van der Waals surface area contributed by atoms with Crippen LogP contribution in [0.5, 0.6) is 5.88 Å². The zero-order valence-corrected chi connectivity index (χ0v) is 13.5. The molecule has 5 nitrogen and oxygen atoms in total. The van der Waals surface area contributed by atoms with Crippen LogP contribution in [-0.2, 0) is 5.88 Å². The number of alkyl halides is 1. The minimum absolute atomic E-state index is 0.374. The summed E-state index contributed by atoms with van der Waals surface area (Å²) in [6.45, 7) is 4.67. The largest absolute Gasteiger partial charge is 0.479 e. The summed E-state index contributed by atoms with van der Waals surface area (Å²) in [5.74, 6) is 1.75. The molecule has 3 rings (SSSR count). The second-order valence-electron chi connectivity index (χ2n) is 6.48. The first-order valence-corrected chi connectivity index (χ1v) is 7.91. The molecule has 0 unspecified atom stereocenters. The third-order valence-electron chi connectivity index (χ3n) is 4.50. The van der Waals surface area contributed by atoms with E-state index in [1.807, 2.05) is 0 Å². The molecule has 2 heterocycles. The Morgan fingerprint density at radius 1 is 1.33 bits per heavy atom. The van der Waals surface area contributed by atoms with Crippen molar-refractivity contribution in [2.45, 2.75) is 51.5 Å². The van der Waals surface area contributed by atoms with Crippen molar-refractivity contribution in [1.82, 2.24) is 19.5 Å². The van der Waals surface area contributed by atoms with Gasteiger partial charge in [0.1, 0.15) is 12.2 Å². The molecule has 0 radical (unpaired) electrons. The van der Waals surface area contributed by atoms with Crippen LogP contribution in [0.1, 0.15) is 51.4 Å². The highest BCUT2D eigenvalue weighted by atomic mass is 35.5. The van der Waals surface area contributed by atoms with Gasteiger partial charge in [-0.15, -0.1) is 11.6 Å². The third-order valence-corrected chi connectivity index (χ3v) is 4.74. The number of hydrogen-bond donors (Lipinski definition) is 0. The van der Waals surface area contributed by atoms with Crippen LogP contribution in [-0.4, -0.2) is 26.6 Å². The Morgan fingerprint density at radius 3 is 2.67 bits per heavy atom. The first kappa shape index (κ1) is 14.6. The predicted molar refractivity (Wildman–Crippen MR) is 82.7 cm³/mol. The Balaban J connectivity index is 2.05. The first-order valence-electron chi connectivity index (χ1n) is 7.37. The molecule has 21 heavy (non-hydrogen) atoms. The minimum atomic E-state index is 0.374. The van der Waals surface area contributed by atoms with Gasteiger partial charge in [-0.2, -0.15) is 4.98 Å². The van der Waals surface area contributed by atoms with E-state index in [2.05, 4.69) is 33.4 Å². The van der Waals surface area contributed by atoms with E-state index in [-0.39, 0.29) is 0 Å². The maximum atomic E-state index is 6.10.